The summed E-state index contributed by atoms with van der Waals surface area (Å²) in [6.45, 7) is 0. The molecular formula is C21H18BrN3O5. The van der Waals surface area contributed by atoms with E-state index in [9.17, 15) is 24.3 Å². The van der Waals surface area contributed by atoms with Crippen LogP contribution in [0.5, 0.6) is 0 Å². The van der Waals surface area contributed by atoms with Crippen LogP contribution in [-0.2, 0) is 22.4 Å². The van der Waals surface area contributed by atoms with Gasteiger partial charge in [0.25, 0.3) is 0 Å². The van der Waals surface area contributed by atoms with Gasteiger partial charge in [-0.05, 0) is 36.1 Å². The number of halogens is 1. The van der Waals surface area contributed by atoms with Crippen LogP contribution in [0.4, 0.5) is 0 Å². The number of nitrogens with zero attached hydrogens (tertiary/aromatic N) is 1. The molecule has 0 spiro atoms. The second kappa shape index (κ2) is 7.91. The van der Waals surface area contributed by atoms with Gasteiger partial charge in [0.1, 0.15) is 12.1 Å². The van der Waals surface area contributed by atoms with Crippen molar-refractivity contribution in [3.8, 4) is 0 Å². The lowest BCUT2D eigenvalue weighted by Gasteiger charge is -2.28. The Labute approximate surface area is 178 Å². The second-order valence-corrected chi connectivity index (χ2v) is 8.15. The average Bonchev–Trinajstić information content (AvgIpc) is 2.71. The van der Waals surface area contributed by atoms with E-state index in [4.69, 9.17) is 0 Å². The van der Waals surface area contributed by atoms with Crippen molar-refractivity contribution in [1.29, 1.82) is 0 Å². The number of benzene rings is 2. The van der Waals surface area contributed by atoms with E-state index < -0.39 is 35.1 Å². The smallest absolute Gasteiger partial charge is 0.326 e. The molecule has 0 saturated heterocycles. The van der Waals surface area contributed by atoms with Gasteiger partial charge in [-0.2, -0.15) is 0 Å². The van der Waals surface area contributed by atoms with Crippen molar-refractivity contribution < 1.29 is 14.7 Å². The standard InChI is InChI=1S/C21H18BrN3O5/c22-13-9-12-6-7-16(25-17(12)14(10-13)23-19(27)20(25)28)18(26)24-15(21(29)30)8-11-4-2-1-3-5-11/h1-5,9-10,15-16H,6-8H2,(H,23,27)(H,24,26)(H,29,30). The molecular weight excluding hydrogens is 454 g/mol. The number of aliphatic carboxylic acids is 1. The molecule has 0 saturated carbocycles. The molecule has 2 heterocycles. The summed E-state index contributed by atoms with van der Waals surface area (Å²) in [5, 5.41) is 12.1. The van der Waals surface area contributed by atoms with Crippen LogP contribution in [0, 0.1) is 0 Å². The number of hydrogen-bond donors (Lipinski definition) is 3. The van der Waals surface area contributed by atoms with Gasteiger partial charge in [0, 0.05) is 10.9 Å². The first-order valence-electron chi connectivity index (χ1n) is 9.39. The zero-order chi connectivity index (χ0) is 21.4. The Kier molecular flexibility index (Phi) is 5.29. The Hall–Kier alpha value is -3.20. The summed E-state index contributed by atoms with van der Waals surface area (Å²) in [7, 11) is 0. The number of carbonyl (C=O) groups excluding carboxylic acids is 1. The lowest BCUT2D eigenvalue weighted by Crippen LogP contribution is -2.49. The molecule has 8 nitrogen and oxygen atoms in total. The molecule has 4 rings (SSSR count). The van der Waals surface area contributed by atoms with Crippen molar-refractivity contribution in [2.24, 2.45) is 0 Å². The molecule has 3 aromatic rings. The maximum Gasteiger partial charge on any atom is 0.326 e. The SMILES string of the molecule is O=C(O)C(Cc1ccccc1)NC(=O)C1CCc2cc(Br)cc3[nH]c(=O)c(=O)n1c23. The molecule has 0 fully saturated rings. The van der Waals surface area contributed by atoms with Crippen LogP contribution < -0.4 is 16.4 Å². The molecule has 0 bridgehead atoms. The number of H-pyrrole nitrogens is 1. The number of carboxylic acid groups (broad SMARTS) is 1. The summed E-state index contributed by atoms with van der Waals surface area (Å²) in [6, 6.07) is 10.4. The highest BCUT2D eigenvalue weighted by Crippen LogP contribution is 2.30. The Morgan fingerprint density at radius 1 is 1.23 bits per heavy atom. The number of rotatable bonds is 5. The second-order valence-electron chi connectivity index (χ2n) is 7.23. The minimum absolute atomic E-state index is 0.109. The molecule has 1 aliphatic rings. The van der Waals surface area contributed by atoms with Gasteiger partial charge in [0.05, 0.1) is 11.0 Å². The predicted octanol–water partition coefficient (Wildman–Crippen LogP) is 1.75. The Bertz CT molecular complexity index is 1270. The zero-order valence-electron chi connectivity index (χ0n) is 15.7. The number of amides is 1. The number of aromatic amines is 1. The fourth-order valence-corrected chi connectivity index (χ4v) is 4.40. The molecule has 30 heavy (non-hydrogen) atoms. The predicted molar refractivity (Wildman–Crippen MR) is 114 cm³/mol. The first kappa shape index (κ1) is 20.1. The maximum absolute atomic E-state index is 13.0. The molecule has 154 valence electrons. The van der Waals surface area contributed by atoms with Gasteiger partial charge in [-0.1, -0.05) is 46.3 Å². The highest BCUT2D eigenvalue weighted by atomic mass is 79.9. The minimum Gasteiger partial charge on any atom is -0.480 e. The fraction of sp³-hybridized carbons (Fsp3) is 0.238. The van der Waals surface area contributed by atoms with Crippen molar-refractivity contribution in [3.05, 3.63) is 78.8 Å². The topological polar surface area (TPSA) is 121 Å². The summed E-state index contributed by atoms with van der Waals surface area (Å²) in [5.74, 6) is -1.77. The lowest BCUT2D eigenvalue weighted by molar-refractivity contribution is -0.142. The summed E-state index contributed by atoms with van der Waals surface area (Å²) in [6.07, 6.45) is 0.902. The number of nitrogens with one attached hydrogen (secondary N) is 2. The van der Waals surface area contributed by atoms with Crippen molar-refractivity contribution in [3.63, 3.8) is 0 Å². The highest BCUT2D eigenvalue weighted by molar-refractivity contribution is 9.10. The average molecular weight is 472 g/mol. The van der Waals surface area contributed by atoms with Gasteiger partial charge >= 0.3 is 17.1 Å². The van der Waals surface area contributed by atoms with E-state index in [1.54, 1.807) is 30.3 Å². The van der Waals surface area contributed by atoms with Gasteiger partial charge in [-0.25, -0.2) is 4.79 Å². The molecule has 0 radical (unpaired) electrons. The quantitative estimate of drug-likeness (QED) is 0.489. The van der Waals surface area contributed by atoms with E-state index in [1.165, 1.54) is 4.57 Å². The third-order valence-electron chi connectivity index (χ3n) is 5.25. The molecule has 1 aromatic heterocycles. The van der Waals surface area contributed by atoms with Gasteiger partial charge in [0.15, 0.2) is 0 Å². The van der Waals surface area contributed by atoms with Crippen LogP contribution in [0.3, 0.4) is 0 Å². The van der Waals surface area contributed by atoms with Crippen molar-refractivity contribution in [2.75, 3.05) is 0 Å². The Morgan fingerprint density at radius 2 is 1.97 bits per heavy atom. The lowest BCUT2D eigenvalue weighted by atomic mass is 9.97. The third kappa shape index (κ3) is 3.68. The molecule has 2 unspecified atom stereocenters. The van der Waals surface area contributed by atoms with E-state index in [-0.39, 0.29) is 12.8 Å². The Morgan fingerprint density at radius 3 is 2.67 bits per heavy atom. The molecule has 9 heteroatoms. The summed E-state index contributed by atoms with van der Waals surface area (Å²) < 4.78 is 1.94. The van der Waals surface area contributed by atoms with Crippen LogP contribution in [-0.4, -0.2) is 32.6 Å². The normalized spacial score (nSPS) is 16.2. The zero-order valence-corrected chi connectivity index (χ0v) is 17.3. The molecule has 1 aliphatic heterocycles. The first-order chi connectivity index (χ1) is 14.3. The minimum atomic E-state index is -1.17. The van der Waals surface area contributed by atoms with Crippen LogP contribution in [0.25, 0.3) is 11.0 Å². The molecule has 3 N–H and O–H groups in total. The first-order valence-corrected chi connectivity index (χ1v) is 10.2. The van der Waals surface area contributed by atoms with Crippen LogP contribution >= 0.6 is 15.9 Å². The van der Waals surface area contributed by atoms with Crippen LogP contribution in [0.15, 0.2) is 56.5 Å². The molecule has 0 aliphatic carbocycles. The fourth-order valence-electron chi connectivity index (χ4n) is 3.90. The van der Waals surface area contributed by atoms with Gasteiger partial charge < -0.3 is 15.4 Å². The molecule has 2 atom stereocenters. The number of hydrogen-bond acceptors (Lipinski definition) is 4. The van der Waals surface area contributed by atoms with Crippen molar-refractivity contribution in [2.45, 2.75) is 31.3 Å². The monoisotopic (exact) mass is 471 g/mol. The summed E-state index contributed by atoms with van der Waals surface area (Å²) in [5.41, 5.74) is 0.867. The number of aryl methyl sites for hydroxylation is 1. The molecule has 1 amide bonds. The van der Waals surface area contributed by atoms with Crippen molar-refractivity contribution >= 4 is 38.8 Å². The number of carboxylic acids is 1. The Balaban J connectivity index is 1.71. The van der Waals surface area contributed by atoms with E-state index >= 15 is 0 Å². The van der Waals surface area contributed by atoms with Gasteiger partial charge in [-0.3, -0.25) is 19.0 Å². The van der Waals surface area contributed by atoms with Crippen LogP contribution in [0.2, 0.25) is 0 Å². The van der Waals surface area contributed by atoms with Gasteiger partial charge in [-0.15, -0.1) is 0 Å². The largest absolute Gasteiger partial charge is 0.480 e. The molecule has 2 aromatic carbocycles. The number of carbonyl (C=O) groups is 2. The van der Waals surface area contributed by atoms with Crippen LogP contribution in [0.1, 0.15) is 23.6 Å². The van der Waals surface area contributed by atoms with E-state index in [0.29, 0.717) is 17.5 Å². The van der Waals surface area contributed by atoms with Gasteiger partial charge in [0.2, 0.25) is 5.91 Å². The van der Waals surface area contributed by atoms with E-state index in [0.717, 1.165) is 15.6 Å². The highest BCUT2D eigenvalue weighted by Gasteiger charge is 2.32. The number of aromatic nitrogens is 2. The van der Waals surface area contributed by atoms with E-state index in [1.807, 2.05) is 12.1 Å². The van der Waals surface area contributed by atoms with Crippen molar-refractivity contribution in [1.82, 2.24) is 14.9 Å². The third-order valence-corrected chi connectivity index (χ3v) is 5.71. The maximum atomic E-state index is 13.0. The van der Waals surface area contributed by atoms with E-state index in [2.05, 4.69) is 26.2 Å². The summed E-state index contributed by atoms with van der Waals surface area (Å²) in [4.78, 5) is 52.1. The summed E-state index contributed by atoms with van der Waals surface area (Å²) >= 11 is 3.39.